The molecule has 0 aromatic carbocycles. The van der Waals surface area contributed by atoms with Gasteiger partial charge < -0.3 is 9.97 Å². The predicted octanol–water partition coefficient (Wildman–Crippen LogP) is 1.82. The van der Waals surface area contributed by atoms with Gasteiger partial charge in [-0.25, -0.2) is 4.98 Å². The first-order valence-electron chi connectivity index (χ1n) is 6.45. The Morgan fingerprint density at radius 1 is 1.47 bits per heavy atom. The topological polar surface area (TPSA) is 64.8 Å². The van der Waals surface area contributed by atoms with Crippen LogP contribution in [0.2, 0.25) is 0 Å². The molecule has 2 N–H and O–H groups in total. The zero-order valence-electron chi connectivity index (χ0n) is 11.6. The molecule has 19 heavy (non-hydrogen) atoms. The molecule has 0 unspecified atom stereocenters. The molecule has 1 atom stereocenters. The molecule has 2 aromatic rings. The number of aromatic nitrogens is 3. The number of H-pyrrole nitrogens is 2. The second-order valence-electron chi connectivity index (χ2n) is 4.69. The lowest BCUT2D eigenvalue weighted by Crippen LogP contribution is -2.30. The van der Waals surface area contributed by atoms with Crippen LogP contribution in [-0.2, 0) is 6.54 Å². The number of rotatable bonds is 6. The number of fused-ring (bicyclic) bond motifs is 1. The first kappa shape index (κ1) is 14.1. The first-order chi connectivity index (χ1) is 9.13. The highest BCUT2D eigenvalue weighted by Gasteiger charge is 2.13. The van der Waals surface area contributed by atoms with Crippen molar-refractivity contribution in [1.29, 1.82) is 0 Å². The van der Waals surface area contributed by atoms with Gasteiger partial charge in [-0.05, 0) is 19.7 Å². The monoisotopic (exact) mass is 280 g/mol. The molecule has 0 aliphatic heterocycles. The van der Waals surface area contributed by atoms with E-state index in [1.165, 1.54) is 6.33 Å². The molecule has 2 rings (SSSR count). The van der Waals surface area contributed by atoms with Crippen LogP contribution in [0.25, 0.3) is 11.0 Å². The molecule has 0 aliphatic rings. The van der Waals surface area contributed by atoms with Gasteiger partial charge >= 0.3 is 0 Å². The number of hydrogen-bond acceptors (Lipinski definition) is 4. The van der Waals surface area contributed by atoms with E-state index < -0.39 is 0 Å². The molecule has 0 saturated carbocycles. The molecular formula is C13H20N4OS. The number of nitrogens with one attached hydrogen (secondary N) is 2. The van der Waals surface area contributed by atoms with Crippen molar-refractivity contribution in [3.8, 4) is 0 Å². The highest BCUT2D eigenvalue weighted by Crippen LogP contribution is 2.16. The van der Waals surface area contributed by atoms with Gasteiger partial charge in [0.05, 0.1) is 11.8 Å². The van der Waals surface area contributed by atoms with Crippen molar-refractivity contribution in [1.82, 2.24) is 19.9 Å². The summed E-state index contributed by atoms with van der Waals surface area (Å²) in [5, 5.41) is 0. The van der Waals surface area contributed by atoms with Crippen LogP contribution in [0.4, 0.5) is 0 Å². The Kier molecular flexibility index (Phi) is 4.66. The average molecular weight is 280 g/mol. The van der Waals surface area contributed by atoms with Crippen molar-refractivity contribution in [3.63, 3.8) is 0 Å². The maximum Gasteiger partial charge on any atom is 0.275 e. The molecular weight excluding hydrogens is 260 g/mol. The Bertz CT molecular complexity index is 592. The van der Waals surface area contributed by atoms with Crippen LogP contribution in [-0.4, -0.2) is 44.4 Å². The highest BCUT2D eigenvalue weighted by atomic mass is 32.2. The van der Waals surface area contributed by atoms with Gasteiger partial charge in [0, 0.05) is 30.1 Å². The molecule has 0 saturated heterocycles. The fourth-order valence-corrected chi connectivity index (χ4v) is 2.80. The van der Waals surface area contributed by atoms with Crippen molar-refractivity contribution in [2.24, 2.45) is 0 Å². The van der Waals surface area contributed by atoms with Gasteiger partial charge in [0.1, 0.15) is 5.52 Å². The molecule has 104 valence electrons. The second-order valence-corrected chi connectivity index (χ2v) is 6.01. The predicted molar refractivity (Wildman–Crippen MR) is 80.6 cm³/mol. The van der Waals surface area contributed by atoms with E-state index >= 15 is 0 Å². The van der Waals surface area contributed by atoms with E-state index in [9.17, 15) is 4.79 Å². The molecule has 0 fully saturated rings. The average Bonchev–Trinajstić information content (AvgIpc) is 2.80. The van der Waals surface area contributed by atoms with Gasteiger partial charge in [-0.1, -0.05) is 6.92 Å². The Balaban J connectivity index is 2.13. The van der Waals surface area contributed by atoms with E-state index in [-0.39, 0.29) is 5.56 Å². The van der Waals surface area contributed by atoms with Gasteiger partial charge in [-0.3, -0.25) is 9.69 Å². The van der Waals surface area contributed by atoms with Gasteiger partial charge in [-0.15, -0.1) is 0 Å². The standard InChI is InChI=1S/C13H20N4OS/c1-4-19-7-9(2)17(3)6-10-5-14-12-11(10)15-8-16-13(12)18/h5,8-9,14H,4,6-7H2,1-3H3,(H,15,16,18)/t9-/m1/s1. The Morgan fingerprint density at radius 2 is 2.26 bits per heavy atom. The number of aromatic amines is 2. The third-order valence-corrected chi connectivity index (χ3v) is 4.41. The fourth-order valence-electron chi connectivity index (χ4n) is 1.97. The molecule has 0 bridgehead atoms. The Labute approximate surface area is 116 Å². The summed E-state index contributed by atoms with van der Waals surface area (Å²) in [4.78, 5) is 23.7. The quantitative estimate of drug-likeness (QED) is 0.847. The summed E-state index contributed by atoms with van der Waals surface area (Å²) in [6.45, 7) is 5.19. The molecule has 0 aliphatic carbocycles. The lowest BCUT2D eigenvalue weighted by Gasteiger charge is -2.23. The summed E-state index contributed by atoms with van der Waals surface area (Å²) >= 11 is 1.94. The van der Waals surface area contributed by atoms with Crippen LogP contribution in [0, 0.1) is 0 Å². The smallest absolute Gasteiger partial charge is 0.275 e. The van der Waals surface area contributed by atoms with Crippen LogP contribution >= 0.6 is 11.8 Å². The van der Waals surface area contributed by atoms with Crippen LogP contribution in [0.1, 0.15) is 19.4 Å². The first-order valence-corrected chi connectivity index (χ1v) is 7.60. The summed E-state index contributed by atoms with van der Waals surface area (Å²) in [5.74, 6) is 2.26. The van der Waals surface area contributed by atoms with E-state index in [0.29, 0.717) is 11.6 Å². The van der Waals surface area contributed by atoms with Crippen molar-refractivity contribution in [3.05, 3.63) is 28.4 Å². The third-order valence-electron chi connectivity index (χ3n) is 3.28. The number of nitrogens with zero attached hydrogens (tertiary/aromatic N) is 2. The molecule has 2 heterocycles. The van der Waals surface area contributed by atoms with Gasteiger partial charge in [0.25, 0.3) is 5.56 Å². The van der Waals surface area contributed by atoms with Crippen molar-refractivity contribution in [2.75, 3.05) is 18.6 Å². The lowest BCUT2D eigenvalue weighted by molar-refractivity contribution is 0.270. The molecule has 0 radical (unpaired) electrons. The van der Waals surface area contributed by atoms with Gasteiger partial charge in [-0.2, -0.15) is 11.8 Å². The van der Waals surface area contributed by atoms with E-state index in [0.717, 1.165) is 29.1 Å². The molecule has 0 amide bonds. The summed E-state index contributed by atoms with van der Waals surface area (Å²) in [6.07, 6.45) is 3.33. The molecule has 5 nitrogen and oxygen atoms in total. The Hall–Kier alpha value is -1.27. The summed E-state index contributed by atoms with van der Waals surface area (Å²) in [5.41, 5.74) is 2.28. The normalized spacial score (nSPS) is 13.3. The zero-order chi connectivity index (χ0) is 13.8. The summed E-state index contributed by atoms with van der Waals surface area (Å²) < 4.78 is 0. The lowest BCUT2D eigenvalue weighted by atomic mass is 10.2. The van der Waals surface area contributed by atoms with Crippen LogP contribution in [0.3, 0.4) is 0 Å². The molecule has 2 aromatic heterocycles. The van der Waals surface area contributed by atoms with Crippen molar-refractivity contribution >= 4 is 22.8 Å². The summed E-state index contributed by atoms with van der Waals surface area (Å²) in [6, 6.07) is 0.497. The van der Waals surface area contributed by atoms with E-state index in [1.807, 2.05) is 18.0 Å². The fraction of sp³-hybridized carbons (Fsp3) is 0.538. The maximum atomic E-state index is 11.6. The largest absolute Gasteiger partial charge is 0.355 e. The summed E-state index contributed by atoms with van der Waals surface area (Å²) in [7, 11) is 2.10. The van der Waals surface area contributed by atoms with E-state index in [1.54, 1.807) is 0 Å². The minimum Gasteiger partial charge on any atom is -0.355 e. The third kappa shape index (κ3) is 3.19. The highest BCUT2D eigenvalue weighted by molar-refractivity contribution is 7.99. The van der Waals surface area contributed by atoms with Crippen molar-refractivity contribution in [2.45, 2.75) is 26.4 Å². The number of thioether (sulfide) groups is 1. The van der Waals surface area contributed by atoms with E-state index in [2.05, 4.69) is 40.7 Å². The molecule has 0 spiro atoms. The van der Waals surface area contributed by atoms with Crippen LogP contribution in [0.15, 0.2) is 17.3 Å². The van der Waals surface area contributed by atoms with Crippen LogP contribution < -0.4 is 5.56 Å². The van der Waals surface area contributed by atoms with E-state index in [4.69, 9.17) is 0 Å². The number of hydrogen-bond donors (Lipinski definition) is 2. The van der Waals surface area contributed by atoms with Crippen LogP contribution in [0.5, 0.6) is 0 Å². The molecule has 6 heteroatoms. The SMILES string of the molecule is CCSC[C@@H](C)N(C)Cc1c[nH]c2c(=O)[nH]cnc12. The zero-order valence-corrected chi connectivity index (χ0v) is 12.4. The second kappa shape index (κ2) is 6.25. The minimum absolute atomic E-state index is 0.117. The maximum absolute atomic E-state index is 11.6. The Morgan fingerprint density at radius 3 is 3.00 bits per heavy atom. The van der Waals surface area contributed by atoms with Gasteiger partial charge in [0.2, 0.25) is 0 Å². The minimum atomic E-state index is -0.117. The van der Waals surface area contributed by atoms with Crippen molar-refractivity contribution < 1.29 is 0 Å². The van der Waals surface area contributed by atoms with Gasteiger partial charge in [0.15, 0.2) is 0 Å².